The Kier molecular flexibility index (Phi) is 5.09. The minimum atomic E-state index is -3.71. The maximum absolute atomic E-state index is 12.3. The first kappa shape index (κ1) is 16.1. The van der Waals surface area contributed by atoms with Gasteiger partial charge in [-0.1, -0.05) is 11.6 Å². The summed E-state index contributed by atoms with van der Waals surface area (Å²) in [5.41, 5.74) is 0.183. The van der Waals surface area contributed by atoms with E-state index < -0.39 is 10.2 Å². The van der Waals surface area contributed by atoms with Crippen LogP contribution in [0.25, 0.3) is 0 Å². The molecule has 2 heterocycles. The monoisotopic (exact) mass is 333 g/mol. The summed E-state index contributed by atoms with van der Waals surface area (Å²) in [5, 5.41) is 5.06. The lowest BCUT2D eigenvalue weighted by Crippen LogP contribution is -2.44. The summed E-state index contributed by atoms with van der Waals surface area (Å²) in [5.74, 6) is -0.238. The largest absolute Gasteiger partial charge is 0.337 e. The van der Waals surface area contributed by atoms with Gasteiger partial charge in [0, 0.05) is 19.6 Å². The van der Waals surface area contributed by atoms with Gasteiger partial charge in [0.2, 0.25) is 0 Å². The Balaban J connectivity index is 1.99. The van der Waals surface area contributed by atoms with E-state index >= 15 is 0 Å². The first-order valence-corrected chi connectivity index (χ1v) is 8.32. The Morgan fingerprint density at radius 1 is 1.52 bits per heavy atom. The number of halogens is 1. The third kappa shape index (κ3) is 4.88. The molecule has 8 nitrogen and oxygen atoms in total. The predicted octanol–water partition coefficient (Wildman–Crippen LogP) is -0.225. The third-order valence-electron chi connectivity index (χ3n) is 3.20. The summed E-state index contributed by atoms with van der Waals surface area (Å²) >= 11 is 5.72. The second-order valence-corrected chi connectivity index (χ2v) is 6.65. The van der Waals surface area contributed by atoms with Crippen molar-refractivity contribution >= 4 is 27.7 Å². The maximum atomic E-state index is 12.3. The van der Waals surface area contributed by atoms with Crippen LogP contribution in [-0.4, -0.2) is 48.8 Å². The van der Waals surface area contributed by atoms with E-state index in [9.17, 15) is 13.2 Å². The molecule has 1 saturated heterocycles. The van der Waals surface area contributed by atoms with Gasteiger partial charge in [-0.2, -0.15) is 8.42 Å². The maximum Gasteiger partial charge on any atom is 0.274 e. The van der Waals surface area contributed by atoms with Crippen LogP contribution < -0.4 is 9.86 Å². The molecular formula is C11H16ClN5O3S. The number of nitrogens with zero attached hydrogens (tertiary/aromatic N) is 3. The molecule has 1 fully saturated rings. The fourth-order valence-corrected chi connectivity index (χ4v) is 2.87. The molecule has 0 saturated carbocycles. The standard InChI is InChI=1S/C11H16ClN5O3S/c12-10-6-14-5-9(16-10)11(18)17-3-1-2-8(7-17)4-15-21(13,19)20/h5-6,8,15H,1-4,7H2,(H2,13,19,20). The van der Waals surface area contributed by atoms with Crippen molar-refractivity contribution in [2.24, 2.45) is 11.1 Å². The summed E-state index contributed by atoms with van der Waals surface area (Å²) in [7, 11) is -3.71. The van der Waals surface area contributed by atoms with Crippen molar-refractivity contribution < 1.29 is 13.2 Å². The molecular weight excluding hydrogens is 318 g/mol. The minimum Gasteiger partial charge on any atom is -0.337 e. The summed E-state index contributed by atoms with van der Waals surface area (Å²) in [4.78, 5) is 21.7. The fraction of sp³-hybridized carbons (Fsp3) is 0.545. The number of rotatable bonds is 4. The summed E-state index contributed by atoms with van der Waals surface area (Å²) in [6, 6.07) is 0. The fourth-order valence-electron chi connectivity index (χ4n) is 2.26. The number of piperidine rings is 1. The molecule has 0 aromatic carbocycles. The van der Waals surface area contributed by atoms with E-state index in [1.165, 1.54) is 12.4 Å². The lowest BCUT2D eigenvalue weighted by molar-refractivity contribution is 0.0670. The molecule has 1 aromatic heterocycles. The zero-order chi connectivity index (χ0) is 15.5. The molecule has 116 valence electrons. The number of nitrogens with two attached hydrogens (primary N) is 1. The van der Waals surface area contributed by atoms with Gasteiger partial charge in [-0.15, -0.1) is 0 Å². The number of carbonyl (C=O) groups excluding carboxylic acids is 1. The number of amides is 1. The minimum absolute atomic E-state index is 0.0215. The van der Waals surface area contributed by atoms with Crippen molar-refractivity contribution in [1.29, 1.82) is 0 Å². The molecule has 3 N–H and O–H groups in total. The molecule has 1 atom stereocenters. The summed E-state index contributed by atoms with van der Waals surface area (Å²) < 4.78 is 24.1. The highest BCUT2D eigenvalue weighted by molar-refractivity contribution is 7.87. The number of nitrogens with one attached hydrogen (secondary N) is 1. The molecule has 1 aliphatic rings. The van der Waals surface area contributed by atoms with Crippen LogP contribution in [0.3, 0.4) is 0 Å². The van der Waals surface area contributed by atoms with Crippen molar-refractivity contribution in [1.82, 2.24) is 19.6 Å². The van der Waals surface area contributed by atoms with Crippen LogP contribution in [0, 0.1) is 5.92 Å². The molecule has 1 amide bonds. The van der Waals surface area contributed by atoms with Crippen molar-refractivity contribution in [3.8, 4) is 0 Å². The number of aromatic nitrogens is 2. The van der Waals surface area contributed by atoms with Crippen LogP contribution in [0.5, 0.6) is 0 Å². The molecule has 10 heteroatoms. The number of likely N-dealkylation sites (tertiary alicyclic amines) is 1. The van der Waals surface area contributed by atoms with Crippen molar-refractivity contribution in [2.45, 2.75) is 12.8 Å². The van der Waals surface area contributed by atoms with Gasteiger partial charge in [0.15, 0.2) is 0 Å². The molecule has 1 aromatic rings. The van der Waals surface area contributed by atoms with E-state index in [1.807, 2.05) is 0 Å². The second kappa shape index (κ2) is 6.65. The second-order valence-electron chi connectivity index (χ2n) is 4.88. The highest BCUT2D eigenvalue weighted by atomic mass is 35.5. The molecule has 0 spiro atoms. The van der Waals surface area contributed by atoms with E-state index in [0.717, 1.165) is 12.8 Å². The summed E-state index contributed by atoms with van der Waals surface area (Å²) in [6.45, 7) is 1.25. The van der Waals surface area contributed by atoms with Gasteiger partial charge >= 0.3 is 0 Å². The van der Waals surface area contributed by atoms with Crippen LogP contribution in [0.15, 0.2) is 12.4 Å². The average Bonchev–Trinajstić information content (AvgIpc) is 2.44. The summed E-state index contributed by atoms with van der Waals surface area (Å²) in [6.07, 6.45) is 4.33. The van der Waals surface area contributed by atoms with Gasteiger partial charge in [0.05, 0.1) is 12.4 Å². The number of carbonyl (C=O) groups is 1. The van der Waals surface area contributed by atoms with Crippen LogP contribution in [0.2, 0.25) is 5.15 Å². The highest BCUT2D eigenvalue weighted by Crippen LogP contribution is 2.18. The van der Waals surface area contributed by atoms with Gasteiger partial charge in [-0.05, 0) is 18.8 Å². The quantitative estimate of drug-likeness (QED) is 0.789. The van der Waals surface area contributed by atoms with E-state index in [-0.39, 0.29) is 29.2 Å². The van der Waals surface area contributed by atoms with E-state index in [4.69, 9.17) is 16.7 Å². The van der Waals surface area contributed by atoms with Crippen molar-refractivity contribution in [3.05, 3.63) is 23.2 Å². The average molecular weight is 334 g/mol. The van der Waals surface area contributed by atoms with Gasteiger partial charge in [-0.25, -0.2) is 14.8 Å². The number of hydrogen-bond acceptors (Lipinski definition) is 5. The topological polar surface area (TPSA) is 118 Å². The van der Waals surface area contributed by atoms with Crippen molar-refractivity contribution in [2.75, 3.05) is 19.6 Å². The Labute approximate surface area is 127 Å². The van der Waals surface area contributed by atoms with Gasteiger partial charge in [-0.3, -0.25) is 9.78 Å². The van der Waals surface area contributed by atoms with Crippen LogP contribution in [0.4, 0.5) is 0 Å². The van der Waals surface area contributed by atoms with Gasteiger partial charge < -0.3 is 4.90 Å². The normalized spacial score (nSPS) is 19.5. The lowest BCUT2D eigenvalue weighted by Gasteiger charge is -2.32. The smallest absolute Gasteiger partial charge is 0.274 e. The molecule has 0 radical (unpaired) electrons. The predicted molar refractivity (Wildman–Crippen MR) is 76.8 cm³/mol. The molecule has 0 aliphatic carbocycles. The van der Waals surface area contributed by atoms with Gasteiger partial charge in [0.25, 0.3) is 16.1 Å². The Hall–Kier alpha value is -1.29. The van der Waals surface area contributed by atoms with Gasteiger partial charge in [0.1, 0.15) is 10.8 Å². The zero-order valence-electron chi connectivity index (χ0n) is 11.2. The number of hydrogen-bond donors (Lipinski definition) is 2. The first-order valence-electron chi connectivity index (χ1n) is 6.39. The molecule has 1 aliphatic heterocycles. The Bertz CT molecular complexity index is 624. The SMILES string of the molecule is NS(=O)(=O)NCC1CCCN(C(=O)c2cncc(Cl)n2)C1. The Morgan fingerprint density at radius 2 is 2.29 bits per heavy atom. The molecule has 1 unspecified atom stereocenters. The highest BCUT2D eigenvalue weighted by Gasteiger charge is 2.26. The molecule has 0 bridgehead atoms. The van der Waals surface area contributed by atoms with E-state index in [0.29, 0.717) is 13.1 Å². The van der Waals surface area contributed by atoms with Crippen LogP contribution in [0.1, 0.15) is 23.3 Å². The first-order chi connectivity index (χ1) is 9.85. The third-order valence-corrected chi connectivity index (χ3v) is 3.95. The Morgan fingerprint density at radius 3 is 2.95 bits per heavy atom. The molecule has 21 heavy (non-hydrogen) atoms. The lowest BCUT2D eigenvalue weighted by atomic mass is 9.98. The van der Waals surface area contributed by atoms with Crippen molar-refractivity contribution in [3.63, 3.8) is 0 Å². The van der Waals surface area contributed by atoms with Crippen LogP contribution in [-0.2, 0) is 10.2 Å². The van der Waals surface area contributed by atoms with E-state index in [1.54, 1.807) is 4.90 Å². The van der Waals surface area contributed by atoms with E-state index in [2.05, 4.69) is 14.7 Å². The van der Waals surface area contributed by atoms with Crippen LogP contribution >= 0.6 is 11.6 Å². The zero-order valence-corrected chi connectivity index (χ0v) is 12.8. The molecule has 2 rings (SSSR count).